The van der Waals surface area contributed by atoms with Gasteiger partial charge < -0.3 is 29.0 Å². The van der Waals surface area contributed by atoms with Crippen molar-refractivity contribution in [1.29, 1.82) is 0 Å². The highest BCUT2D eigenvalue weighted by Crippen LogP contribution is 2.41. The lowest BCUT2D eigenvalue weighted by Crippen LogP contribution is -2.60. The van der Waals surface area contributed by atoms with Crippen LogP contribution in [-0.4, -0.2) is 72.3 Å². The second-order valence-corrected chi connectivity index (χ2v) is 11.4. The van der Waals surface area contributed by atoms with Crippen molar-refractivity contribution in [3.8, 4) is 5.75 Å². The van der Waals surface area contributed by atoms with Gasteiger partial charge in [0.1, 0.15) is 35.5 Å². The Bertz CT molecular complexity index is 1230. The monoisotopic (exact) mass is 562 g/mol. The molecule has 5 rings (SSSR count). The Labute approximate surface area is 241 Å². The van der Waals surface area contributed by atoms with E-state index in [-0.39, 0.29) is 11.5 Å². The normalized spacial score (nSPS) is 24.7. The predicted octanol–water partition coefficient (Wildman–Crippen LogP) is 4.92. The number of hydrogen-bond donors (Lipinski definition) is 1. The number of aliphatic hydroxyl groups is 1. The van der Waals surface area contributed by atoms with E-state index in [0.29, 0.717) is 26.1 Å². The summed E-state index contributed by atoms with van der Waals surface area (Å²) in [6.07, 6.45) is -1.01. The van der Waals surface area contributed by atoms with Gasteiger partial charge in [0.25, 0.3) is 0 Å². The second-order valence-electron chi connectivity index (χ2n) is 10.4. The number of aliphatic imine (C=N–C) groups is 1. The maximum atomic E-state index is 11.6. The molecular formula is C32H38N2O5S. The zero-order valence-corrected chi connectivity index (χ0v) is 24.1. The van der Waals surface area contributed by atoms with Crippen LogP contribution in [0.25, 0.3) is 0 Å². The van der Waals surface area contributed by atoms with Crippen molar-refractivity contribution in [2.45, 2.75) is 61.9 Å². The number of amidine groups is 1. The Morgan fingerprint density at radius 1 is 0.850 bits per heavy atom. The average Bonchev–Trinajstić information content (AvgIpc) is 3.43. The third kappa shape index (κ3) is 7.06. The van der Waals surface area contributed by atoms with Gasteiger partial charge in [0.2, 0.25) is 0 Å². The molecule has 6 atom stereocenters. The lowest BCUT2D eigenvalue weighted by atomic mass is 9.91. The van der Waals surface area contributed by atoms with Crippen molar-refractivity contribution < 1.29 is 24.1 Å². The Balaban J connectivity index is 1.39. The minimum atomic E-state index is -0.754. The summed E-state index contributed by atoms with van der Waals surface area (Å²) in [4.78, 5) is 6.99. The molecule has 40 heavy (non-hydrogen) atoms. The SMILES string of the molecule is COc1ccc(CC[C@H](O)[C@H]2O[C@@H]3SC(N(C)C)=N[C@@H]3[C@@H](OCc3ccccc3)[C@@H]2OCc2ccccc2)cc1. The van der Waals surface area contributed by atoms with Gasteiger partial charge in [0.05, 0.1) is 26.4 Å². The van der Waals surface area contributed by atoms with E-state index in [2.05, 4.69) is 12.1 Å². The topological polar surface area (TPSA) is 72.8 Å². The van der Waals surface area contributed by atoms with Gasteiger partial charge in [-0.3, -0.25) is 4.99 Å². The summed E-state index contributed by atoms with van der Waals surface area (Å²) in [6.45, 7) is 0.808. The van der Waals surface area contributed by atoms with Crippen LogP contribution >= 0.6 is 11.8 Å². The van der Waals surface area contributed by atoms with Crippen LogP contribution in [0, 0.1) is 0 Å². The van der Waals surface area contributed by atoms with E-state index in [1.165, 1.54) is 0 Å². The third-order valence-corrected chi connectivity index (χ3v) is 8.56. The average molecular weight is 563 g/mol. The molecule has 0 amide bonds. The molecule has 0 bridgehead atoms. The molecule has 3 aromatic rings. The van der Waals surface area contributed by atoms with Crippen LogP contribution in [0.2, 0.25) is 0 Å². The highest BCUT2D eigenvalue weighted by atomic mass is 32.2. The summed E-state index contributed by atoms with van der Waals surface area (Å²) < 4.78 is 25.1. The molecular weight excluding hydrogens is 524 g/mol. The molecule has 0 saturated carbocycles. The first-order valence-corrected chi connectivity index (χ1v) is 14.6. The van der Waals surface area contributed by atoms with Gasteiger partial charge in [-0.15, -0.1) is 0 Å². The number of methoxy groups -OCH3 is 1. The largest absolute Gasteiger partial charge is 0.497 e. The van der Waals surface area contributed by atoms with Gasteiger partial charge in [-0.25, -0.2) is 0 Å². The zero-order chi connectivity index (χ0) is 27.9. The smallest absolute Gasteiger partial charge is 0.161 e. The van der Waals surface area contributed by atoms with Crippen LogP contribution < -0.4 is 4.74 Å². The van der Waals surface area contributed by atoms with Gasteiger partial charge in [-0.05, 0) is 41.7 Å². The van der Waals surface area contributed by atoms with E-state index in [1.54, 1.807) is 18.9 Å². The predicted molar refractivity (Wildman–Crippen MR) is 159 cm³/mol. The standard InChI is InChI=1S/C32H38N2O5S/c1-34(2)32-33-27-29(37-20-23-10-6-4-7-11-23)30(38-21-24-12-8-5-9-13-24)28(39-31(27)40-32)26(35)19-16-22-14-17-25(36-3)18-15-22/h4-15,17-18,26-31,35H,16,19-21H2,1-3H3/t26-,27+,28+,29+,30+,31+/m0/s1. The quantitative estimate of drug-likeness (QED) is 0.356. The van der Waals surface area contributed by atoms with E-state index in [9.17, 15) is 5.11 Å². The number of ether oxygens (including phenoxy) is 4. The van der Waals surface area contributed by atoms with Crippen molar-refractivity contribution >= 4 is 16.9 Å². The molecule has 1 fully saturated rings. The molecule has 0 aliphatic carbocycles. The minimum Gasteiger partial charge on any atom is -0.497 e. The zero-order valence-electron chi connectivity index (χ0n) is 23.3. The van der Waals surface area contributed by atoms with Gasteiger partial charge in [0.15, 0.2) is 5.17 Å². The molecule has 0 spiro atoms. The fraction of sp³-hybridized carbons (Fsp3) is 0.406. The first-order valence-electron chi connectivity index (χ1n) is 13.7. The van der Waals surface area contributed by atoms with E-state index in [4.69, 9.17) is 23.9 Å². The van der Waals surface area contributed by atoms with Gasteiger partial charge in [-0.2, -0.15) is 0 Å². The Kier molecular flexibility index (Phi) is 9.78. The van der Waals surface area contributed by atoms with Crippen LogP contribution in [0.1, 0.15) is 23.1 Å². The van der Waals surface area contributed by atoms with Crippen molar-refractivity contribution in [2.24, 2.45) is 4.99 Å². The molecule has 1 saturated heterocycles. The minimum absolute atomic E-state index is 0.253. The van der Waals surface area contributed by atoms with Crippen LogP contribution in [0.4, 0.5) is 0 Å². The van der Waals surface area contributed by atoms with Crippen LogP contribution in [0.15, 0.2) is 89.9 Å². The molecule has 3 aromatic carbocycles. The fourth-order valence-corrected chi connectivity index (χ4v) is 6.20. The summed E-state index contributed by atoms with van der Waals surface area (Å²) in [5, 5.41) is 12.4. The van der Waals surface area contributed by atoms with Crippen molar-refractivity contribution in [1.82, 2.24) is 4.90 Å². The van der Waals surface area contributed by atoms with Crippen LogP contribution in [0.5, 0.6) is 5.75 Å². The fourth-order valence-electron chi connectivity index (χ4n) is 5.06. The molecule has 0 aromatic heterocycles. The molecule has 1 N–H and O–H groups in total. The number of aliphatic hydroxyl groups excluding tert-OH is 1. The molecule has 212 valence electrons. The number of thioether (sulfide) groups is 1. The lowest BCUT2D eigenvalue weighted by molar-refractivity contribution is -0.221. The number of nitrogens with zero attached hydrogens (tertiary/aromatic N) is 2. The summed E-state index contributed by atoms with van der Waals surface area (Å²) in [5.41, 5.74) is 2.98. The maximum absolute atomic E-state index is 11.6. The molecule has 7 nitrogen and oxygen atoms in total. The molecule has 2 heterocycles. The van der Waals surface area contributed by atoms with Gasteiger partial charge in [0, 0.05) is 14.1 Å². The Hall–Kier alpha value is -2.88. The third-order valence-electron chi connectivity index (χ3n) is 7.26. The Morgan fingerprint density at radius 2 is 1.45 bits per heavy atom. The number of rotatable bonds is 11. The highest BCUT2D eigenvalue weighted by Gasteiger charge is 2.52. The van der Waals surface area contributed by atoms with E-state index < -0.39 is 24.4 Å². The lowest BCUT2D eigenvalue weighted by Gasteiger charge is -2.44. The van der Waals surface area contributed by atoms with Crippen molar-refractivity contribution in [2.75, 3.05) is 21.2 Å². The first-order chi connectivity index (χ1) is 19.5. The number of fused-ring (bicyclic) bond motifs is 1. The van der Waals surface area contributed by atoms with E-state index in [1.807, 2.05) is 91.8 Å². The molecule has 2 aliphatic rings. The number of hydrogen-bond acceptors (Lipinski definition) is 8. The first kappa shape index (κ1) is 28.6. The molecule has 8 heteroatoms. The highest BCUT2D eigenvalue weighted by molar-refractivity contribution is 8.14. The van der Waals surface area contributed by atoms with Gasteiger partial charge in [-0.1, -0.05) is 84.6 Å². The summed E-state index contributed by atoms with van der Waals surface area (Å²) in [5.74, 6) is 0.814. The van der Waals surface area contributed by atoms with Crippen molar-refractivity contribution in [3.63, 3.8) is 0 Å². The summed E-state index contributed by atoms with van der Waals surface area (Å²) >= 11 is 1.58. The molecule has 0 radical (unpaired) electrons. The van der Waals surface area contributed by atoms with Crippen LogP contribution in [0.3, 0.4) is 0 Å². The second kappa shape index (κ2) is 13.7. The molecule has 2 aliphatic heterocycles. The summed E-state index contributed by atoms with van der Waals surface area (Å²) in [6, 6.07) is 27.9. The van der Waals surface area contributed by atoms with E-state index >= 15 is 0 Å². The summed E-state index contributed by atoms with van der Waals surface area (Å²) in [7, 11) is 5.62. The Morgan fingerprint density at radius 3 is 2.02 bits per heavy atom. The van der Waals surface area contributed by atoms with Crippen LogP contribution in [-0.2, 0) is 33.8 Å². The number of benzene rings is 3. The van der Waals surface area contributed by atoms with E-state index in [0.717, 1.165) is 27.6 Å². The number of aryl methyl sites for hydroxylation is 1. The van der Waals surface area contributed by atoms with Crippen molar-refractivity contribution in [3.05, 3.63) is 102 Å². The molecule has 0 unspecified atom stereocenters. The maximum Gasteiger partial charge on any atom is 0.161 e. The van der Waals surface area contributed by atoms with Gasteiger partial charge >= 0.3 is 0 Å².